The third-order valence-corrected chi connectivity index (χ3v) is 2.94. The second-order valence-electron chi connectivity index (χ2n) is 4.56. The van der Waals surface area contributed by atoms with E-state index in [4.69, 9.17) is 10.5 Å². The molecule has 0 spiro atoms. The summed E-state index contributed by atoms with van der Waals surface area (Å²) in [5.41, 5.74) is 8.06. The Hall–Kier alpha value is -1.52. The number of para-hydroxylation sites is 1. The molecule has 4 nitrogen and oxygen atoms in total. The predicted molar refractivity (Wildman–Crippen MR) is 78.6 cm³/mol. The smallest absolute Gasteiger partial charge is 0.325 e. The largest absolute Gasteiger partial charge is 0.468 e. The molecule has 0 fully saturated rings. The third-order valence-electron chi connectivity index (χ3n) is 2.94. The van der Waals surface area contributed by atoms with Crippen LogP contribution in [0.15, 0.2) is 30.5 Å². The van der Waals surface area contributed by atoms with Crippen molar-refractivity contribution in [1.29, 1.82) is 0 Å². The minimum Gasteiger partial charge on any atom is -0.468 e. The summed E-state index contributed by atoms with van der Waals surface area (Å²) < 4.78 is 6.62. The van der Waals surface area contributed by atoms with Gasteiger partial charge < -0.3 is 15.0 Å². The number of hydrogen-bond acceptors (Lipinski definition) is 3. The first-order valence-electron chi connectivity index (χ1n) is 6.01. The number of methoxy groups -OCH3 is 1. The van der Waals surface area contributed by atoms with Crippen molar-refractivity contribution in [2.24, 2.45) is 5.73 Å². The molecule has 0 aliphatic carbocycles. The van der Waals surface area contributed by atoms with Crippen LogP contribution in [-0.4, -0.2) is 23.7 Å². The number of carbonyl (C=O) groups is 1. The van der Waals surface area contributed by atoms with Gasteiger partial charge in [0.25, 0.3) is 0 Å². The van der Waals surface area contributed by atoms with E-state index in [1.807, 2.05) is 35.9 Å². The minimum absolute atomic E-state index is 0. The van der Waals surface area contributed by atoms with Crippen molar-refractivity contribution >= 4 is 29.3 Å². The fourth-order valence-electron chi connectivity index (χ4n) is 2.17. The van der Waals surface area contributed by atoms with Crippen molar-refractivity contribution in [1.82, 2.24) is 4.57 Å². The van der Waals surface area contributed by atoms with Crippen LogP contribution in [0.25, 0.3) is 10.9 Å². The molecule has 0 aliphatic rings. The van der Waals surface area contributed by atoms with Crippen LogP contribution in [0, 0.1) is 0 Å². The molecule has 2 N–H and O–H groups in total. The number of nitrogens with zero attached hydrogens (tertiary/aromatic N) is 1. The van der Waals surface area contributed by atoms with E-state index in [1.54, 1.807) is 0 Å². The zero-order valence-electron chi connectivity index (χ0n) is 11.1. The summed E-state index contributed by atoms with van der Waals surface area (Å²) in [7, 11) is 1.40. The predicted octanol–water partition coefficient (Wildman–Crippen LogP) is 2.13. The molecule has 0 saturated heterocycles. The van der Waals surface area contributed by atoms with Gasteiger partial charge >= 0.3 is 5.97 Å². The summed E-state index contributed by atoms with van der Waals surface area (Å²) in [5.74, 6) is -0.247. The summed E-state index contributed by atoms with van der Waals surface area (Å²) in [6.45, 7) is 2.21. The Morgan fingerprint density at radius 1 is 1.42 bits per heavy atom. The lowest BCUT2D eigenvalue weighted by molar-refractivity contribution is -0.141. The van der Waals surface area contributed by atoms with E-state index >= 15 is 0 Å². The average molecular weight is 283 g/mol. The first-order valence-corrected chi connectivity index (χ1v) is 6.01. The maximum atomic E-state index is 11.4. The number of ether oxygens (including phenoxy) is 1. The number of aromatic nitrogens is 1. The highest BCUT2D eigenvalue weighted by atomic mass is 35.5. The van der Waals surface area contributed by atoms with Crippen LogP contribution in [0.1, 0.15) is 12.5 Å². The fraction of sp³-hybridized carbons (Fsp3) is 0.357. The van der Waals surface area contributed by atoms with E-state index in [1.165, 1.54) is 12.7 Å². The molecule has 5 heteroatoms. The SMILES string of the molecule is COC(=O)Cn1cc(CC(C)N)c2ccccc21.Cl. The van der Waals surface area contributed by atoms with Crippen molar-refractivity contribution in [2.75, 3.05) is 7.11 Å². The van der Waals surface area contributed by atoms with Crippen LogP contribution in [0.2, 0.25) is 0 Å². The molecule has 0 bridgehead atoms. The van der Waals surface area contributed by atoms with Gasteiger partial charge in [0, 0.05) is 23.1 Å². The van der Waals surface area contributed by atoms with Crippen molar-refractivity contribution < 1.29 is 9.53 Å². The van der Waals surface area contributed by atoms with Gasteiger partial charge in [-0.2, -0.15) is 0 Å². The molecule has 1 heterocycles. The zero-order chi connectivity index (χ0) is 13.1. The summed E-state index contributed by atoms with van der Waals surface area (Å²) in [6, 6.07) is 8.12. The van der Waals surface area contributed by atoms with Gasteiger partial charge in [0.2, 0.25) is 0 Å². The molecule has 0 saturated carbocycles. The number of fused-ring (bicyclic) bond motifs is 1. The minimum atomic E-state index is -0.247. The summed E-state index contributed by atoms with van der Waals surface area (Å²) in [4.78, 5) is 11.4. The van der Waals surface area contributed by atoms with Gasteiger partial charge in [-0.1, -0.05) is 18.2 Å². The average Bonchev–Trinajstić information content (AvgIpc) is 2.67. The van der Waals surface area contributed by atoms with Crippen LogP contribution >= 0.6 is 12.4 Å². The number of nitrogens with two attached hydrogens (primary N) is 1. The Morgan fingerprint density at radius 3 is 2.74 bits per heavy atom. The van der Waals surface area contributed by atoms with Gasteiger partial charge in [0.1, 0.15) is 6.54 Å². The number of rotatable bonds is 4. The van der Waals surface area contributed by atoms with Crippen LogP contribution in [0.3, 0.4) is 0 Å². The van der Waals surface area contributed by atoms with Crippen molar-refractivity contribution in [3.8, 4) is 0 Å². The number of benzene rings is 1. The molecule has 1 atom stereocenters. The van der Waals surface area contributed by atoms with Crippen LogP contribution in [-0.2, 0) is 22.5 Å². The van der Waals surface area contributed by atoms with Gasteiger partial charge in [0.05, 0.1) is 7.11 Å². The molecular formula is C14H19ClN2O2. The highest BCUT2D eigenvalue weighted by Crippen LogP contribution is 2.22. The van der Waals surface area contributed by atoms with E-state index in [-0.39, 0.29) is 31.0 Å². The second kappa shape index (κ2) is 6.59. The lowest BCUT2D eigenvalue weighted by Crippen LogP contribution is -2.17. The number of halogens is 1. The Balaban J connectivity index is 0.00000180. The van der Waals surface area contributed by atoms with Crippen molar-refractivity contribution in [3.63, 3.8) is 0 Å². The molecule has 1 unspecified atom stereocenters. The number of esters is 1. The van der Waals surface area contributed by atoms with E-state index in [0.717, 1.165) is 17.3 Å². The first kappa shape index (κ1) is 15.5. The molecule has 2 rings (SSSR count). The Morgan fingerprint density at radius 2 is 2.11 bits per heavy atom. The monoisotopic (exact) mass is 282 g/mol. The Labute approximate surface area is 118 Å². The van der Waals surface area contributed by atoms with E-state index in [9.17, 15) is 4.79 Å². The van der Waals surface area contributed by atoms with Gasteiger partial charge in [-0.3, -0.25) is 4.79 Å². The maximum absolute atomic E-state index is 11.4. The third kappa shape index (κ3) is 3.49. The maximum Gasteiger partial charge on any atom is 0.325 e. The van der Waals surface area contributed by atoms with Gasteiger partial charge in [-0.15, -0.1) is 12.4 Å². The first-order chi connectivity index (χ1) is 8.61. The number of hydrogen-bond donors (Lipinski definition) is 1. The van der Waals surface area contributed by atoms with Crippen LogP contribution < -0.4 is 5.73 Å². The summed E-state index contributed by atoms with van der Waals surface area (Å²) in [5, 5.41) is 1.15. The van der Waals surface area contributed by atoms with Gasteiger partial charge in [-0.05, 0) is 25.0 Å². The molecule has 1 aromatic heterocycles. The fourth-order valence-corrected chi connectivity index (χ4v) is 2.17. The molecule has 104 valence electrons. The molecule has 0 aliphatic heterocycles. The van der Waals surface area contributed by atoms with E-state index < -0.39 is 0 Å². The lowest BCUT2D eigenvalue weighted by Gasteiger charge is -2.02. The van der Waals surface area contributed by atoms with E-state index in [0.29, 0.717) is 0 Å². The molecule has 1 aromatic carbocycles. The van der Waals surface area contributed by atoms with Crippen LogP contribution in [0.4, 0.5) is 0 Å². The topological polar surface area (TPSA) is 57.2 Å². The molecule has 0 amide bonds. The number of carbonyl (C=O) groups excluding carboxylic acids is 1. The Bertz CT molecular complexity index is 564. The molecular weight excluding hydrogens is 264 g/mol. The molecule has 0 radical (unpaired) electrons. The molecule has 2 aromatic rings. The Kier molecular flexibility index (Phi) is 5.39. The normalized spacial score (nSPS) is 11.9. The highest BCUT2D eigenvalue weighted by Gasteiger charge is 2.11. The van der Waals surface area contributed by atoms with Gasteiger partial charge in [-0.25, -0.2) is 0 Å². The van der Waals surface area contributed by atoms with Crippen molar-refractivity contribution in [2.45, 2.75) is 25.9 Å². The summed E-state index contributed by atoms with van der Waals surface area (Å²) >= 11 is 0. The highest BCUT2D eigenvalue weighted by molar-refractivity contribution is 5.86. The summed E-state index contributed by atoms with van der Waals surface area (Å²) in [6.07, 6.45) is 2.79. The zero-order valence-corrected chi connectivity index (χ0v) is 11.9. The second-order valence-corrected chi connectivity index (χ2v) is 4.56. The van der Waals surface area contributed by atoms with Gasteiger partial charge in [0.15, 0.2) is 0 Å². The van der Waals surface area contributed by atoms with Crippen LogP contribution in [0.5, 0.6) is 0 Å². The lowest BCUT2D eigenvalue weighted by atomic mass is 10.1. The molecule has 19 heavy (non-hydrogen) atoms. The van der Waals surface area contributed by atoms with Crippen molar-refractivity contribution in [3.05, 3.63) is 36.0 Å². The quantitative estimate of drug-likeness (QED) is 0.874. The van der Waals surface area contributed by atoms with E-state index in [2.05, 4.69) is 6.07 Å². The standard InChI is InChI=1S/C14H18N2O2.ClH/c1-10(15)7-11-8-16(9-14(17)18-2)13-6-4-3-5-12(11)13;/h3-6,8,10H,7,9,15H2,1-2H3;1H.